The van der Waals surface area contributed by atoms with Crippen molar-refractivity contribution >= 4 is 39.5 Å². The minimum Gasteiger partial charge on any atom is -0.462 e. The topological polar surface area (TPSA) is 237 Å². The fourth-order valence-corrected chi connectivity index (χ4v) is 11.7. The first-order valence-corrected chi connectivity index (χ1v) is 38.3. The van der Waals surface area contributed by atoms with Gasteiger partial charge < -0.3 is 33.8 Å². The first-order valence-electron chi connectivity index (χ1n) is 35.3. The highest BCUT2D eigenvalue weighted by atomic mass is 31.2. The maximum atomic E-state index is 13.0. The molecule has 0 fully saturated rings. The molecule has 3 N–H and O–H groups in total. The SMILES string of the molecule is CCC(C)CCCCCCCCCCCCC(=O)OC[C@H](COP(=O)(O)OCC(O)COP(=O)(O)OC[C@@H](COC(=O)CCCCCCCCCC(C)C)OC(=O)CCCCCCCCCCCCC(C)CC)OC(=O)CCCCCCCCC(C)C. The lowest BCUT2D eigenvalue weighted by Crippen LogP contribution is -2.30. The largest absolute Gasteiger partial charge is 0.472 e. The maximum Gasteiger partial charge on any atom is 0.472 e. The molecular formula is C68H132O17P2. The zero-order chi connectivity index (χ0) is 64.7. The summed E-state index contributed by atoms with van der Waals surface area (Å²) in [6.07, 6.45) is 39.0. The van der Waals surface area contributed by atoms with Crippen molar-refractivity contribution in [2.45, 2.75) is 350 Å². The zero-order valence-electron chi connectivity index (χ0n) is 56.6. The number of carbonyl (C=O) groups is 4. The van der Waals surface area contributed by atoms with E-state index < -0.39 is 97.5 Å². The van der Waals surface area contributed by atoms with Crippen molar-refractivity contribution in [3.63, 3.8) is 0 Å². The van der Waals surface area contributed by atoms with Crippen LogP contribution in [0.1, 0.15) is 331 Å². The number of aliphatic hydroxyl groups is 1. The van der Waals surface area contributed by atoms with Crippen LogP contribution in [0.5, 0.6) is 0 Å². The number of carbonyl (C=O) groups excluding carboxylic acids is 4. The number of rotatable bonds is 65. The quantitative estimate of drug-likeness (QED) is 0.0222. The molecule has 0 saturated carbocycles. The third-order valence-corrected chi connectivity index (χ3v) is 18.2. The number of aliphatic hydroxyl groups excluding tert-OH is 1. The van der Waals surface area contributed by atoms with Crippen LogP contribution in [0.15, 0.2) is 0 Å². The Morgan fingerprint density at radius 3 is 0.816 bits per heavy atom. The molecular weight excluding hydrogens is 1150 g/mol. The molecule has 0 aliphatic heterocycles. The summed E-state index contributed by atoms with van der Waals surface area (Å²) in [4.78, 5) is 72.4. The molecule has 0 spiro atoms. The fraction of sp³-hybridized carbons (Fsp3) is 0.941. The first-order chi connectivity index (χ1) is 41.7. The summed E-state index contributed by atoms with van der Waals surface area (Å²) < 4.78 is 68.1. The van der Waals surface area contributed by atoms with Crippen LogP contribution in [0.4, 0.5) is 0 Å². The summed E-state index contributed by atoms with van der Waals surface area (Å²) >= 11 is 0. The van der Waals surface area contributed by atoms with Crippen molar-refractivity contribution in [1.29, 1.82) is 0 Å². The lowest BCUT2D eigenvalue weighted by Gasteiger charge is -2.21. The molecule has 0 aromatic rings. The van der Waals surface area contributed by atoms with E-state index in [0.29, 0.717) is 37.5 Å². The van der Waals surface area contributed by atoms with Gasteiger partial charge in [-0.15, -0.1) is 0 Å². The zero-order valence-corrected chi connectivity index (χ0v) is 58.4. The minimum absolute atomic E-state index is 0.101. The average Bonchev–Trinajstić information content (AvgIpc) is 3.70. The predicted octanol–water partition coefficient (Wildman–Crippen LogP) is 18.9. The maximum absolute atomic E-state index is 13.0. The van der Waals surface area contributed by atoms with Crippen LogP contribution in [-0.2, 0) is 65.4 Å². The number of phosphoric ester groups is 2. The predicted molar refractivity (Wildman–Crippen MR) is 349 cm³/mol. The fourth-order valence-electron chi connectivity index (χ4n) is 10.1. The Morgan fingerprint density at radius 2 is 0.552 bits per heavy atom. The van der Waals surface area contributed by atoms with E-state index in [2.05, 4.69) is 55.4 Å². The van der Waals surface area contributed by atoms with Crippen molar-refractivity contribution in [3.8, 4) is 0 Å². The average molecular weight is 1280 g/mol. The van der Waals surface area contributed by atoms with Gasteiger partial charge >= 0.3 is 39.5 Å². The van der Waals surface area contributed by atoms with Crippen LogP contribution in [0.25, 0.3) is 0 Å². The summed E-state index contributed by atoms with van der Waals surface area (Å²) in [5.41, 5.74) is 0. The number of unbranched alkanes of at least 4 members (excludes halogenated alkanes) is 29. The van der Waals surface area contributed by atoms with Crippen molar-refractivity contribution in [3.05, 3.63) is 0 Å². The highest BCUT2D eigenvalue weighted by molar-refractivity contribution is 7.47. The van der Waals surface area contributed by atoms with Gasteiger partial charge in [-0.3, -0.25) is 37.3 Å². The second-order valence-electron chi connectivity index (χ2n) is 26.0. The van der Waals surface area contributed by atoms with Crippen LogP contribution < -0.4 is 0 Å². The van der Waals surface area contributed by atoms with E-state index in [9.17, 15) is 43.2 Å². The standard InChI is InChI=1S/C68H132O17P2/c1-9-60(7)46-38-30-21-15-11-13-17-23-32-40-48-65(70)78-55-64(85-68(73)51-43-35-27-26-29-37-45-59(5)6)57-83-87(76,77)81-53-62(69)52-80-86(74,75)82-56-63(54-79-66(71)49-41-33-25-19-20-28-36-44-58(3)4)84-67(72)50-42-34-24-18-14-12-16-22-31-39-47-61(8)10-2/h58-64,69H,9-57H2,1-8H3,(H,74,75)(H,76,77)/t60?,61?,62?,63-,64-/m1/s1. The summed E-state index contributed by atoms with van der Waals surface area (Å²) in [6.45, 7) is 14.0. The number of phosphoric acid groups is 2. The Morgan fingerprint density at radius 1 is 0.322 bits per heavy atom. The molecule has 0 bridgehead atoms. The third-order valence-electron chi connectivity index (χ3n) is 16.3. The highest BCUT2D eigenvalue weighted by Crippen LogP contribution is 2.45. The van der Waals surface area contributed by atoms with Gasteiger partial charge in [0.15, 0.2) is 12.2 Å². The van der Waals surface area contributed by atoms with Crippen molar-refractivity contribution < 1.29 is 80.2 Å². The van der Waals surface area contributed by atoms with E-state index in [1.807, 2.05) is 0 Å². The van der Waals surface area contributed by atoms with Gasteiger partial charge in [0, 0.05) is 25.7 Å². The molecule has 0 aromatic heterocycles. The van der Waals surface area contributed by atoms with Gasteiger partial charge in [0.1, 0.15) is 19.3 Å². The van der Waals surface area contributed by atoms with Crippen LogP contribution in [-0.4, -0.2) is 96.7 Å². The molecule has 87 heavy (non-hydrogen) atoms. The number of esters is 4. The van der Waals surface area contributed by atoms with Crippen LogP contribution >= 0.6 is 15.6 Å². The Hall–Kier alpha value is -1.94. The lowest BCUT2D eigenvalue weighted by molar-refractivity contribution is -0.161. The summed E-state index contributed by atoms with van der Waals surface area (Å²) in [6, 6.07) is 0. The Labute approximate surface area is 530 Å². The monoisotopic (exact) mass is 1280 g/mol. The first kappa shape index (κ1) is 85.1. The molecule has 0 aromatic carbocycles. The normalized spacial score (nSPS) is 15.0. The van der Waals surface area contributed by atoms with Crippen LogP contribution in [0.2, 0.25) is 0 Å². The van der Waals surface area contributed by atoms with E-state index in [4.69, 9.17) is 37.0 Å². The minimum atomic E-state index is -4.95. The summed E-state index contributed by atoms with van der Waals surface area (Å²) in [7, 11) is -9.90. The molecule has 516 valence electrons. The molecule has 0 amide bonds. The third kappa shape index (κ3) is 60.1. The number of hydrogen-bond donors (Lipinski definition) is 3. The number of hydrogen-bond acceptors (Lipinski definition) is 15. The molecule has 0 aliphatic rings. The summed E-state index contributed by atoms with van der Waals surface area (Å²) in [5, 5.41) is 10.6. The van der Waals surface area contributed by atoms with E-state index in [1.54, 1.807) is 0 Å². The molecule has 0 aliphatic carbocycles. The van der Waals surface area contributed by atoms with Crippen LogP contribution in [0, 0.1) is 23.7 Å². The van der Waals surface area contributed by atoms with E-state index in [0.717, 1.165) is 108 Å². The van der Waals surface area contributed by atoms with Gasteiger partial charge in [0.05, 0.1) is 26.4 Å². The van der Waals surface area contributed by atoms with Gasteiger partial charge in [-0.2, -0.15) is 0 Å². The van der Waals surface area contributed by atoms with Crippen molar-refractivity contribution in [2.75, 3.05) is 39.6 Å². The molecule has 0 radical (unpaired) electrons. The van der Waals surface area contributed by atoms with Gasteiger partial charge in [0.25, 0.3) is 0 Å². The van der Waals surface area contributed by atoms with Gasteiger partial charge in [-0.1, -0.05) is 280 Å². The van der Waals surface area contributed by atoms with Gasteiger partial charge in [0.2, 0.25) is 0 Å². The molecule has 0 heterocycles. The van der Waals surface area contributed by atoms with Crippen molar-refractivity contribution in [1.82, 2.24) is 0 Å². The van der Waals surface area contributed by atoms with Gasteiger partial charge in [-0.05, 0) is 49.4 Å². The molecule has 5 unspecified atom stereocenters. The molecule has 17 nitrogen and oxygen atoms in total. The van der Waals surface area contributed by atoms with E-state index in [1.165, 1.54) is 128 Å². The van der Waals surface area contributed by atoms with Crippen LogP contribution in [0.3, 0.4) is 0 Å². The molecule has 0 rings (SSSR count). The number of ether oxygens (including phenoxy) is 4. The van der Waals surface area contributed by atoms with E-state index in [-0.39, 0.29) is 25.7 Å². The Balaban J connectivity index is 5.23. The lowest BCUT2D eigenvalue weighted by atomic mass is 9.99. The molecule has 7 atom stereocenters. The Kier molecular flexibility index (Phi) is 56.6. The smallest absolute Gasteiger partial charge is 0.462 e. The summed E-state index contributed by atoms with van der Waals surface area (Å²) in [5.74, 6) is 0.850. The molecule has 0 saturated heterocycles. The van der Waals surface area contributed by atoms with E-state index >= 15 is 0 Å². The second kappa shape index (κ2) is 57.9. The Bertz CT molecular complexity index is 1730. The van der Waals surface area contributed by atoms with Gasteiger partial charge in [-0.25, -0.2) is 9.13 Å². The van der Waals surface area contributed by atoms with Crippen molar-refractivity contribution in [2.24, 2.45) is 23.7 Å². The second-order valence-corrected chi connectivity index (χ2v) is 28.9. The highest BCUT2D eigenvalue weighted by Gasteiger charge is 2.30. The molecule has 19 heteroatoms.